The van der Waals surface area contributed by atoms with E-state index >= 15 is 0 Å². The summed E-state index contributed by atoms with van der Waals surface area (Å²) in [5.41, 5.74) is 1.82. The van der Waals surface area contributed by atoms with Crippen molar-refractivity contribution in [2.75, 3.05) is 20.2 Å². The molecule has 1 aromatic heterocycles. The zero-order valence-corrected chi connectivity index (χ0v) is 13.3. The number of hydrogen-bond acceptors (Lipinski definition) is 4. The zero-order valence-electron chi connectivity index (χ0n) is 12.5. The fourth-order valence-corrected chi connectivity index (χ4v) is 3.52. The molecule has 0 bridgehead atoms. The number of H-pyrrole nitrogens is 1. The van der Waals surface area contributed by atoms with Crippen LogP contribution in [-0.2, 0) is 23.1 Å². The number of aromatic amines is 1. The third-order valence-electron chi connectivity index (χ3n) is 3.38. The second kappa shape index (κ2) is 7.55. The van der Waals surface area contributed by atoms with E-state index in [1.54, 1.807) is 18.2 Å². The monoisotopic (exact) mass is 323 g/mol. The van der Waals surface area contributed by atoms with E-state index < -0.39 is 10.0 Å². The van der Waals surface area contributed by atoms with Crippen LogP contribution >= 0.6 is 0 Å². The Morgan fingerprint density at radius 1 is 1.23 bits per heavy atom. The smallest absolute Gasteiger partial charge is 0.243 e. The summed E-state index contributed by atoms with van der Waals surface area (Å²) in [6, 6.07) is 8.87. The van der Waals surface area contributed by atoms with Crippen molar-refractivity contribution in [2.24, 2.45) is 0 Å². The number of sulfonamides is 1. The molecule has 3 N–H and O–H groups in total. The van der Waals surface area contributed by atoms with Crippen molar-refractivity contribution in [3.8, 4) is 0 Å². The first-order valence-corrected chi connectivity index (χ1v) is 8.47. The highest BCUT2D eigenvalue weighted by atomic mass is 32.2. The Kier molecular flexibility index (Phi) is 5.73. The quantitative estimate of drug-likeness (QED) is 0.674. The maximum atomic E-state index is 12.5. The molecular weight excluding hydrogens is 302 g/mol. The molecule has 22 heavy (non-hydrogen) atoms. The molecule has 2 aromatic rings. The molecule has 0 saturated heterocycles. The van der Waals surface area contributed by atoms with Gasteiger partial charge in [0.05, 0.1) is 11.5 Å². The van der Waals surface area contributed by atoms with Gasteiger partial charge in [-0.15, -0.1) is 0 Å². The Hall–Kier alpha value is -1.67. The van der Waals surface area contributed by atoms with Crippen LogP contribution in [0.15, 0.2) is 47.6 Å². The van der Waals surface area contributed by atoms with Gasteiger partial charge in [-0.1, -0.05) is 18.2 Å². The number of aromatic nitrogens is 1. The van der Waals surface area contributed by atoms with E-state index in [-0.39, 0.29) is 18.0 Å². The maximum Gasteiger partial charge on any atom is 0.243 e. The van der Waals surface area contributed by atoms with Crippen molar-refractivity contribution >= 4 is 10.0 Å². The van der Waals surface area contributed by atoms with Crippen LogP contribution in [0, 0.1) is 0 Å². The summed E-state index contributed by atoms with van der Waals surface area (Å²) in [7, 11) is -2.12. The second-order valence-corrected chi connectivity index (χ2v) is 6.99. The van der Waals surface area contributed by atoms with Gasteiger partial charge in [0.25, 0.3) is 0 Å². The number of rotatable bonds is 8. The molecule has 0 atom stereocenters. The molecule has 120 valence electrons. The number of aliphatic hydroxyl groups excluding tert-OH is 1. The van der Waals surface area contributed by atoms with E-state index in [1.165, 1.54) is 7.05 Å². The summed E-state index contributed by atoms with van der Waals surface area (Å²) in [5.74, 6) is 0. The molecule has 0 radical (unpaired) electrons. The van der Waals surface area contributed by atoms with Crippen molar-refractivity contribution in [3.63, 3.8) is 0 Å². The number of benzene rings is 1. The Labute approximate surface area is 130 Å². The molecule has 0 fully saturated rings. The molecule has 0 aliphatic carbocycles. The minimum atomic E-state index is -3.59. The highest BCUT2D eigenvalue weighted by Crippen LogP contribution is 2.19. The number of aliphatic hydroxyl groups is 1. The minimum Gasteiger partial charge on any atom is -0.395 e. The van der Waals surface area contributed by atoms with Gasteiger partial charge < -0.3 is 15.4 Å². The molecule has 7 heteroatoms. The van der Waals surface area contributed by atoms with Crippen LogP contribution < -0.4 is 5.32 Å². The van der Waals surface area contributed by atoms with Gasteiger partial charge in [0.15, 0.2) is 0 Å². The van der Waals surface area contributed by atoms with Crippen molar-refractivity contribution in [1.82, 2.24) is 14.6 Å². The summed E-state index contributed by atoms with van der Waals surface area (Å²) >= 11 is 0. The Balaban J connectivity index is 2.12. The molecule has 0 saturated carbocycles. The van der Waals surface area contributed by atoms with E-state index in [4.69, 9.17) is 5.11 Å². The van der Waals surface area contributed by atoms with Crippen molar-refractivity contribution in [2.45, 2.75) is 18.0 Å². The fraction of sp³-hybridized carbons (Fsp3) is 0.333. The summed E-state index contributed by atoms with van der Waals surface area (Å²) in [6.45, 7) is 0.981. The van der Waals surface area contributed by atoms with Crippen molar-refractivity contribution in [1.29, 1.82) is 0 Å². The summed E-state index contributed by atoms with van der Waals surface area (Å²) in [4.78, 5) is 3.25. The molecular formula is C15H21N3O3S. The first-order valence-electron chi connectivity index (χ1n) is 7.03. The van der Waals surface area contributed by atoms with Crippen LogP contribution in [0.25, 0.3) is 0 Å². The third-order valence-corrected chi connectivity index (χ3v) is 5.34. The summed E-state index contributed by atoms with van der Waals surface area (Å²) < 4.78 is 26.2. The molecule has 0 aliphatic rings. The summed E-state index contributed by atoms with van der Waals surface area (Å²) in [6.07, 6.45) is 3.74. The normalized spacial score (nSPS) is 12.0. The third kappa shape index (κ3) is 3.95. The molecule has 6 nitrogen and oxygen atoms in total. The lowest BCUT2D eigenvalue weighted by Crippen LogP contribution is -2.30. The van der Waals surface area contributed by atoms with E-state index in [1.807, 2.05) is 24.5 Å². The summed E-state index contributed by atoms with van der Waals surface area (Å²) in [5, 5.41) is 12.2. The standard InChI is InChI=1S/C15H21N3O3S/c1-18(8-9-19)22(20,21)15-5-3-2-4-14(15)12-17-11-13-6-7-16-10-13/h2-7,10,16-17,19H,8-9,11-12H2,1H3. The molecule has 0 spiro atoms. The van der Waals surface area contributed by atoms with Crippen LogP contribution in [0.3, 0.4) is 0 Å². The van der Waals surface area contributed by atoms with Gasteiger partial charge in [-0.2, -0.15) is 4.31 Å². The number of nitrogens with zero attached hydrogens (tertiary/aromatic N) is 1. The van der Waals surface area contributed by atoms with E-state index in [0.717, 1.165) is 9.87 Å². The fourth-order valence-electron chi connectivity index (χ4n) is 2.14. The SMILES string of the molecule is CN(CCO)S(=O)(=O)c1ccccc1CNCc1cc[nH]c1. The van der Waals surface area contributed by atoms with Crippen LogP contribution in [0.5, 0.6) is 0 Å². The van der Waals surface area contributed by atoms with Gasteiger partial charge in [-0.05, 0) is 23.3 Å². The highest BCUT2D eigenvalue weighted by molar-refractivity contribution is 7.89. The number of likely N-dealkylation sites (N-methyl/N-ethyl adjacent to an activating group) is 1. The molecule has 0 amide bonds. The number of hydrogen-bond donors (Lipinski definition) is 3. The van der Waals surface area contributed by atoms with Gasteiger partial charge in [0, 0.05) is 39.1 Å². The van der Waals surface area contributed by atoms with Gasteiger partial charge in [0.1, 0.15) is 0 Å². The first kappa shape index (κ1) is 16.7. The van der Waals surface area contributed by atoms with Crippen LogP contribution in [0.4, 0.5) is 0 Å². The maximum absolute atomic E-state index is 12.5. The lowest BCUT2D eigenvalue weighted by Gasteiger charge is -2.18. The largest absolute Gasteiger partial charge is 0.395 e. The highest BCUT2D eigenvalue weighted by Gasteiger charge is 2.22. The lowest BCUT2D eigenvalue weighted by atomic mass is 10.2. The molecule has 1 heterocycles. The van der Waals surface area contributed by atoms with Crippen molar-refractivity contribution < 1.29 is 13.5 Å². The molecule has 0 aliphatic heterocycles. The average Bonchev–Trinajstić information content (AvgIpc) is 3.01. The average molecular weight is 323 g/mol. The van der Waals surface area contributed by atoms with Crippen LogP contribution in [-0.4, -0.2) is 43.0 Å². The Bertz CT molecular complexity index is 684. The predicted molar refractivity (Wildman–Crippen MR) is 84.7 cm³/mol. The van der Waals surface area contributed by atoms with Gasteiger partial charge in [0.2, 0.25) is 10.0 Å². The topological polar surface area (TPSA) is 85.4 Å². The van der Waals surface area contributed by atoms with Crippen molar-refractivity contribution in [3.05, 3.63) is 53.9 Å². The predicted octanol–water partition coefficient (Wildman–Crippen LogP) is 0.917. The van der Waals surface area contributed by atoms with E-state index in [9.17, 15) is 8.42 Å². The van der Waals surface area contributed by atoms with Crippen LogP contribution in [0.2, 0.25) is 0 Å². The van der Waals surface area contributed by atoms with Gasteiger partial charge >= 0.3 is 0 Å². The molecule has 1 aromatic carbocycles. The molecule has 2 rings (SSSR count). The van der Waals surface area contributed by atoms with Gasteiger partial charge in [-0.3, -0.25) is 0 Å². The molecule has 0 unspecified atom stereocenters. The van der Waals surface area contributed by atoms with Crippen LogP contribution in [0.1, 0.15) is 11.1 Å². The van der Waals surface area contributed by atoms with E-state index in [0.29, 0.717) is 18.7 Å². The lowest BCUT2D eigenvalue weighted by molar-refractivity contribution is 0.266. The van der Waals surface area contributed by atoms with Gasteiger partial charge in [-0.25, -0.2) is 8.42 Å². The minimum absolute atomic E-state index is 0.0768. The zero-order chi connectivity index (χ0) is 16.0. The van der Waals surface area contributed by atoms with E-state index in [2.05, 4.69) is 10.3 Å². The second-order valence-electron chi connectivity index (χ2n) is 4.98. The number of nitrogens with one attached hydrogen (secondary N) is 2. The first-order chi connectivity index (χ1) is 10.6. The Morgan fingerprint density at radius 3 is 2.68 bits per heavy atom. The Morgan fingerprint density at radius 2 is 2.00 bits per heavy atom.